The van der Waals surface area contributed by atoms with Gasteiger partial charge in [0.1, 0.15) is 0 Å². The first-order valence-electron chi connectivity index (χ1n) is 7.74. The molecule has 114 valence electrons. The Kier molecular flexibility index (Phi) is 3.30. The average molecular weight is 307 g/mol. The van der Waals surface area contributed by atoms with Crippen LogP contribution in [0.15, 0.2) is 16.7 Å². The van der Waals surface area contributed by atoms with Crippen LogP contribution in [0.1, 0.15) is 35.4 Å². The van der Waals surface area contributed by atoms with E-state index in [9.17, 15) is 4.79 Å². The highest BCUT2D eigenvalue weighted by molar-refractivity contribution is 8.01. The summed E-state index contributed by atoms with van der Waals surface area (Å²) in [4.78, 5) is 14.3. The molecule has 4 rings (SSSR count). The highest BCUT2D eigenvalue weighted by Gasteiger charge is 2.51. The average Bonchev–Trinajstić information content (AvgIpc) is 3.00. The largest absolute Gasteiger partial charge is 0.459 e. The Morgan fingerprint density at radius 2 is 2.33 bits per heavy atom. The summed E-state index contributed by atoms with van der Waals surface area (Å²) >= 11 is 1.98. The number of nitrogens with zero attached hydrogens (tertiary/aromatic N) is 1. The molecule has 3 aliphatic rings. The zero-order valence-corrected chi connectivity index (χ0v) is 13.2. The smallest absolute Gasteiger partial charge is 0.289 e. The molecule has 5 heteroatoms. The molecule has 1 amide bonds. The van der Waals surface area contributed by atoms with E-state index >= 15 is 0 Å². The Morgan fingerprint density at radius 3 is 3.00 bits per heavy atom. The first-order chi connectivity index (χ1) is 10.2. The maximum atomic E-state index is 12.3. The van der Waals surface area contributed by atoms with Crippen LogP contribution in [0.4, 0.5) is 0 Å². The number of thioether (sulfide) groups is 1. The van der Waals surface area contributed by atoms with E-state index in [2.05, 4.69) is 0 Å². The van der Waals surface area contributed by atoms with Crippen LogP contribution in [-0.2, 0) is 4.74 Å². The summed E-state index contributed by atoms with van der Waals surface area (Å²) in [5, 5.41) is 0. The standard InChI is InChI=1S/C16H21NO3S/c1-11-4-5-19-14(11)15(18)17-9-16(10-17)6-13(8-21-16)20-7-12-2-3-12/h4-5,12-13H,2-3,6-10H2,1H3. The van der Waals surface area contributed by atoms with Gasteiger partial charge in [0.15, 0.2) is 5.76 Å². The second kappa shape index (κ2) is 5.06. The Morgan fingerprint density at radius 1 is 1.52 bits per heavy atom. The van der Waals surface area contributed by atoms with Crippen molar-refractivity contribution in [3.05, 3.63) is 23.7 Å². The van der Waals surface area contributed by atoms with E-state index in [1.165, 1.54) is 12.8 Å². The Hall–Kier alpha value is -0.940. The molecule has 0 N–H and O–H groups in total. The van der Waals surface area contributed by atoms with Gasteiger partial charge in [0, 0.05) is 31.0 Å². The molecule has 3 fully saturated rings. The summed E-state index contributed by atoms with van der Waals surface area (Å²) < 4.78 is 11.5. The fourth-order valence-corrected chi connectivity index (χ4v) is 4.77. The van der Waals surface area contributed by atoms with Crippen LogP contribution < -0.4 is 0 Å². The van der Waals surface area contributed by atoms with E-state index in [1.807, 2.05) is 29.7 Å². The second-order valence-corrected chi connectivity index (χ2v) is 8.18. The number of furan rings is 1. The van der Waals surface area contributed by atoms with Gasteiger partial charge in [-0.3, -0.25) is 4.79 Å². The molecule has 3 heterocycles. The van der Waals surface area contributed by atoms with Gasteiger partial charge in [-0.15, -0.1) is 11.8 Å². The topological polar surface area (TPSA) is 42.7 Å². The molecule has 1 aromatic heterocycles. The predicted molar refractivity (Wildman–Crippen MR) is 81.6 cm³/mol. The van der Waals surface area contributed by atoms with E-state index < -0.39 is 0 Å². The first kappa shape index (κ1) is 13.7. The summed E-state index contributed by atoms with van der Waals surface area (Å²) in [6, 6.07) is 1.84. The molecular weight excluding hydrogens is 286 g/mol. The minimum absolute atomic E-state index is 0.0334. The van der Waals surface area contributed by atoms with Gasteiger partial charge in [0.05, 0.1) is 17.1 Å². The van der Waals surface area contributed by atoms with E-state index in [4.69, 9.17) is 9.15 Å². The molecule has 1 aliphatic carbocycles. The molecule has 21 heavy (non-hydrogen) atoms. The van der Waals surface area contributed by atoms with Crippen LogP contribution in [0, 0.1) is 12.8 Å². The molecule has 0 bridgehead atoms. The molecule has 1 unspecified atom stereocenters. The van der Waals surface area contributed by atoms with Crippen molar-refractivity contribution in [3.8, 4) is 0 Å². The van der Waals surface area contributed by atoms with Crippen LogP contribution in [-0.4, -0.2) is 47.1 Å². The summed E-state index contributed by atoms with van der Waals surface area (Å²) in [5.74, 6) is 2.43. The molecule has 0 aromatic carbocycles. The maximum Gasteiger partial charge on any atom is 0.289 e. The lowest BCUT2D eigenvalue weighted by atomic mass is 9.92. The Labute approximate surface area is 129 Å². The van der Waals surface area contributed by atoms with Crippen LogP contribution >= 0.6 is 11.8 Å². The zero-order chi connectivity index (χ0) is 14.4. The third-order valence-corrected chi connectivity index (χ3v) is 6.32. The summed E-state index contributed by atoms with van der Waals surface area (Å²) in [6.07, 6.45) is 5.75. The van der Waals surface area contributed by atoms with Gasteiger partial charge < -0.3 is 14.1 Å². The number of hydrogen-bond donors (Lipinski definition) is 0. The van der Waals surface area contributed by atoms with Crippen molar-refractivity contribution in [1.29, 1.82) is 0 Å². The number of aryl methyl sites for hydroxylation is 1. The van der Waals surface area contributed by atoms with Gasteiger partial charge in [0.25, 0.3) is 5.91 Å². The molecular formula is C16H21NO3S. The minimum atomic E-state index is 0.0334. The normalized spacial score (nSPS) is 27.1. The third-order valence-electron chi connectivity index (χ3n) is 4.74. The van der Waals surface area contributed by atoms with Crippen molar-refractivity contribution >= 4 is 17.7 Å². The summed E-state index contributed by atoms with van der Waals surface area (Å²) in [5.41, 5.74) is 0.922. The van der Waals surface area contributed by atoms with Crippen LogP contribution in [0.5, 0.6) is 0 Å². The number of hydrogen-bond acceptors (Lipinski definition) is 4. The molecule has 0 radical (unpaired) electrons. The summed E-state index contributed by atoms with van der Waals surface area (Å²) in [7, 11) is 0. The number of ether oxygens (including phenoxy) is 1. The Bertz CT molecular complexity index is 545. The van der Waals surface area contributed by atoms with Gasteiger partial charge in [0.2, 0.25) is 0 Å². The number of amides is 1. The maximum absolute atomic E-state index is 12.3. The van der Waals surface area contributed by atoms with E-state index in [-0.39, 0.29) is 10.7 Å². The lowest BCUT2D eigenvalue weighted by Crippen LogP contribution is -2.60. The quantitative estimate of drug-likeness (QED) is 0.858. The van der Waals surface area contributed by atoms with Crippen molar-refractivity contribution in [1.82, 2.24) is 4.90 Å². The lowest BCUT2D eigenvalue weighted by Gasteiger charge is -2.47. The SMILES string of the molecule is Cc1ccoc1C(=O)N1CC2(CC(OCC3CC3)CS2)C1. The number of likely N-dealkylation sites (tertiary alicyclic amines) is 1. The van der Waals surface area contributed by atoms with E-state index in [0.717, 1.165) is 43.4 Å². The molecule has 1 saturated carbocycles. The zero-order valence-electron chi connectivity index (χ0n) is 12.3. The number of carbonyl (C=O) groups is 1. The highest BCUT2D eigenvalue weighted by Crippen LogP contribution is 2.46. The monoisotopic (exact) mass is 307 g/mol. The van der Waals surface area contributed by atoms with Crippen molar-refractivity contribution in [2.24, 2.45) is 5.92 Å². The van der Waals surface area contributed by atoms with Gasteiger partial charge in [-0.25, -0.2) is 0 Å². The molecule has 2 aliphatic heterocycles. The van der Waals surface area contributed by atoms with Crippen molar-refractivity contribution in [2.75, 3.05) is 25.4 Å². The van der Waals surface area contributed by atoms with Crippen LogP contribution in [0.2, 0.25) is 0 Å². The van der Waals surface area contributed by atoms with Crippen molar-refractivity contribution in [2.45, 2.75) is 37.0 Å². The lowest BCUT2D eigenvalue weighted by molar-refractivity contribution is 0.0273. The second-order valence-electron chi connectivity index (χ2n) is 6.69. The molecule has 4 nitrogen and oxygen atoms in total. The first-order valence-corrected chi connectivity index (χ1v) is 8.73. The van der Waals surface area contributed by atoms with Gasteiger partial charge >= 0.3 is 0 Å². The Balaban J connectivity index is 1.30. The van der Waals surface area contributed by atoms with E-state index in [0.29, 0.717) is 11.9 Å². The fraction of sp³-hybridized carbons (Fsp3) is 0.688. The fourth-order valence-electron chi connectivity index (χ4n) is 3.22. The predicted octanol–water partition coefficient (Wildman–Crippen LogP) is 2.71. The van der Waals surface area contributed by atoms with E-state index in [1.54, 1.807) is 6.26 Å². The number of rotatable bonds is 4. The van der Waals surface area contributed by atoms with Gasteiger partial charge in [-0.1, -0.05) is 0 Å². The third kappa shape index (κ3) is 2.61. The molecule has 1 spiro atoms. The molecule has 1 atom stereocenters. The summed E-state index contributed by atoms with van der Waals surface area (Å²) in [6.45, 7) is 4.52. The van der Waals surface area contributed by atoms with Crippen LogP contribution in [0.25, 0.3) is 0 Å². The molecule has 2 saturated heterocycles. The van der Waals surface area contributed by atoms with Crippen molar-refractivity contribution < 1.29 is 13.9 Å². The minimum Gasteiger partial charge on any atom is -0.459 e. The van der Waals surface area contributed by atoms with Gasteiger partial charge in [-0.2, -0.15) is 0 Å². The van der Waals surface area contributed by atoms with Crippen LogP contribution in [0.3, 0.4) is 0 Å². The number of carbonyl (C=O) groups excluding carboxylic acids is 1. The molecule has 1 aromatic rings. The highest BCUT2D eigenvalue weighted by atomic mass is 32.2. The van der Waals surface area contributed by atoms with Gasteiger partial charge in [-0.05, 0) is 38.2 Å². The van der Waals surface area contributed by atoms with Crippen molar-refractivity contribution in [3.63, 3.8) is 0 Å².